The summed E-state index contributed by atoms with van der Waals surface area (Å²) < 4.78 is 1.77. The van der Waals surface area contributed by atoms with Gasteiger partial charge in [-0.15, -0.1) is 0 Å². The highest BCUT2D eigenvalue weighted by Crippen LogP contribution is 2.24. The molecule has 0 aliphatic carbocycles. The Labute approximate surface area is 124 Å². The van der Waals surface area contributed by atoms with Gasteiger partial charge in [0.1, 0.15) is 23.7 Å². The lowest BCUT2D eigenvalue weighted by molar-refractivity contribution is -0.156. The van der Waals surface area contributed by atoms with Crippen molar-refractivity contribution in [2.75, 3.05) is 0 Å². The molecule has 7 nitrogen and oxygen atoms in total. The smallest absolute Gasteiger partial charge is 0.246 e. The molecule has 1 N–H and O–H groups in total. The number of nitrogens with zero attached hydrogens (tertiary/aromatic N) is 4. The second-order valence-corrected chi connectivity index (χ2v) is 6.13. The van der Waals surface area contributed by atoms with Crippen molar-refractivity contribution in [3.8, 4) is 0 Å². The normalized spacial score (nSPS) is 21.8. The molecule has 1 fully saturated rings. The molecular formula is C14H23N5O2. The van der Waals surface area contributed by atoms with Gasteiger partial charge in [-0.3, -0.25) is 9.59 Å². The summed E-state index contributed by atoms with van der Waals surface area (Å²) >= 11 is 0. The first-order valence-electron chi connectivity index (χ1n) is 7.29. The Balaban J connectivity index is 2.32. The van der Waals surface area contributed by atoms with E-state index in [0.717, 1.165) is 0 Å². The number of rotatable bonds is 4. The van der Waals surface area contributed by atoms with Gasteiger partial charge in [0, 0.05) is 6.04 Å². The molecule has 0 bridgehead atoms. The molecule has 1 aliphatic heterocycles. The zero-order chi connectivity index (χ0) is 15.8. The highest BCUT2D eigenvalue weighted by Gasteiger charge is 2.46. The Bertz CT molecular complexity index is 549. The van der Waals surface area contributed by atoms with Gasteiger partial charge in [0.25, 0.3) is 0 Å². The van der Waals surface area contributed by atoms with Crippen molar-refractivity contribution < 1.29 is 9.59 Å². The number of hydrogen-bond donors (Lipinski definition) is 1. The van der Waals surface area contributed by atoms with Gasteiger partial charge in [0.05, 0.1) is 6.54 Å². The van der Waals surface area contributed by atoms with Crippen LogP contribution < -0.4 is 5.32 Å². The van der Waals surface area contributed by atoms with E-state index in [2.05, 4.69) is 15.4 Å². The summed E-state index contributed by atoms with van der Waals surface area (Å²) in [7, 11) is 0. The van der Waals surface area contributed by atoms with Gasteiger partial charge in [-0.1, -0.05) is 6.92 Å². The van der Waals surface area contributed by atoms with Crippen LogP contribution in [-0.2, 0) is 16.1 Å². The maximum Gasteiger partial charge on any atom is 0.246 e. The molecule has 0 spiro atoms. The van der Waals surface area contributed by atoms with Crippen molar-refractivity contribution in [2.45, 2.75) is 65.2 Å². The van der Waals surface area contributed by atoms with E-state index in [1.807, 2.05) is 20.8 Å². The Morgan fingerprint density at radius 1 is 1.38 bits per heavy atom. The molecule has 1 aromatic heterocycles. The molecule has 1 saturated heterocycles. The monoisotopic (exact) mass is 293 g/mol. The van der Waals surface area contributed by atoms with E-state index in [4.69, 9.17) is 0 Å². The fourth-order valence-corrected chi connectivity index (χ4v) is 2.49. The van der Waals surface area contributed by atoms with E-state index in [1.54, 1.807) is 23.4 Å². The minimum absolute atomic E-state index is 0.0691. The average Bonchev–Trinajstić information content (AvgIpc) is 2.87. The molecule has 2 heterocycles. The molecule has 0 aromatic carbocycles. The van der Waals surface area contributed by atoms with Crippen LogP contribution in [0, 0.1) is 0 Å². The molecule has 1 atom stereocenters. The van der Waals surface area contributed by atoms with Crippen LogP contribution in [0.2, 0.25) is 0 Å². The highest BCUT2D eigenvalue weighted by atomic mass is 16.2. The third-order valence-corrected chi connectivity index (χ3v) is 3.94. The maximum absolute atomic E-state index is 12.6. The van der Waals surface area contributed by atoms with E-state index >= 15 is 0 Å². The summed E-state index contributed by atoms with van der Waals surface area (Å²) in [6.45, 7) is 9.68. The van der Waals surface area contributed by atoms with Crippen molar-refractivity contribution in [1.82, 2.24) is 25.0 Å². The molecule has 1 aromatic rings. The largest absolute Gasteiger partial charge is 0.342 e. The molecule has 2 rings (SSSR count). The number of aromatic nitrogens is 3. The molecule has 2 amide bonds. The topological polar surface area (TPSA) is 80.1 Å². The van der Waals surface area contributed by atoms with Crippen molar-refractivity contribution in [3.05, 3.63) is 12.2 Å². The van der Waals surface area contributed by atoms with Gasteiger partial charge in [-0.05, 0) is 34.1 Å². The molecular weight excluding hydrogens is 270 g/mol. The summed E-state index contributed by atoms with van der Waals surface area (Å²) in [5.74, 6) is 0.487. The van der Waals surface area contributed by atoms with Crippen LogP contribution >= 0.6 is 0 Å². The predicted octanol–water partition coefficient (Wildman–Crippen LogP) is 0.875. The predicted molar refractivity (Wildman–Crippen MR) is 77.3 cm³/mol. The molecule has 0 radical (unpaired) electrons. The van der Waals surface area contributed by atoms with E-state index in [9.17, 15) is 9.59 Å². The van der Waals surface area contributed by atoms with Crippen LogP contribution in [-0.4, -0.2) is 43.1 Å². The van der Waals surface area contributed by atoms with Gasteiger partial charge in [-0.25, -0.2) is 9.67 Å². The summed E-state index contributed by atoms with van der Waals surface area (Å²) in [5, 5.41) is 6.96. The maximum atomic E-state index is 12.6. The molecule has 21 heavy (non-hydrogen) atoms. The van der Waals surface area contributed by atoms with Gasteiger partial charge >= 0.3 is 0 Å². The third-order valence-electron chi connectivity index (χ3n) is 3.94. The van der Waals surface area contributed by atoms with Gasteiger partial charge in [-0.2, -0.15) is 5.10 Å². The Hall–Kier alpha value is -1.92. The van der Waals surface area contributed by atoms with Gasteiger partial charge in [0.2, 0.25) is 11.8 Å². The number of hydrogen-bond acceptors (Lipinski definition) is 4. The van der Waals surface area contributed by atoms with E-state index in [1.165, 1.54) is 6.33 Å². The number of piperazine rings is 1. The highest BCUT2D eigenvalue weighted by molar-refractivity contribution is 5.99. The van der Waals surface area contributed by atoms with Crippen LogP contribution in [0.1, 0.15) is 52.9 Å². The van der Waals surface area contributed by atoms with Crippen molar-refractivity contribution >= 4 is 11.8 Å². The fraction of sp³-hybridized carbons (Fsp3) is 0.714. The standard InChI is InChI=1S/C14H23N5O2/c1-6-10-12(20)18(14(4,5)13(21)17-10)7-11-15-8-16-19(11)9(2)3/h8-10H,6-7H2,1-5H3,(H,17,21). The van der Waals surface area contributed by atoms with Crippen molar-refractivity contribution in [3.63, 3.8) is 0 Å². The number of nitrogens with one attached hydrogen (secondary N) is 1. The lowest BCUT2D eigenvalue weighted by Crippen LogP contribution is -2.67. The van der Waals surface area contributed by atoms with E-state index in [0.29, 0.717) is 12.2 Å². The summed E-state index contributed by atoms with van der Waals surface area (Å²) in [4.78, 5) is 30.7. The Morgan fingerprint density at radius 2 is 2.05 bits per heavy atom. The van der Waals surface area contributed by atoms with Gasteiger partial charge < -0.3 is 10.2 Å². The Morgan fingerprint density at radius 3 is 2.62 bits per heavy atom. The first-order chi connectivity index (χ1) is 9.78. The summed E-state index contributed by atoms with van der Waals surface area (Å²) in [6.07, 6.45) is 2.06. The molecule has 116 valence electrons. The van der Waals surface area contributed by atoms with Crippen molar-refractivity contribution in [1.29, 1.82) is 0 Å². The Kier molecular flexibility index (Phi) is 4.02. The van der Waals surface area contributed by atoms with Crippen LogP contribution in [0.25, 0.3) is 0 Å². The summed E-state index contributed by atoms with van der Waals surface area (Å²) in [6, 6.07) is -0.303. The summed E-state index contributed by atoms with van der Waals surface area (Å²) in [5.41, 5.74) is -0.892. The molecule has 1 aliphatic rings. The molecule has 7 heteroatoms. The van der Waals surface area contributed by atoms with E-state index < -0.39 is 11.6 Å². The molecule has 1 unspecified atom stereocenters. The quantitative estimate of drug-likeness (QED) is 0.893. The fourth-order valence-electron chi connectivity index (χ4n) is 2.49. The van der Waals surface area contributed by atoms with Gasteiger partial charge in [0.15, 0.2) is 0 Å². The minimum atomic E-state index is -0.892. The second-order valence-electron chi connectivity index (χ2n) is 6.13. The number of carbonyl (C=O) groups is 2. The number of carbonyl (C=O) groups excluding carboxylic acids is 2. The second kappa shape index (κ2) is 5.46. The van der Waals surface area contributed by atoms with E-state index in [-0.39, 0.29) is 24.4 Å². The van der Waals surface area contributed by atoms with Crippen LogP contribution in [0.5, 0.6) is 0 Å². The first kappa shape index (κ1) is 15.5. The van der Waals surface area contributed by atoms with Crippen LogP contribution in [0.3, 0.4) is 0 Å². The lowest BCUT2D eigenvalue weighted by Gasteiger charge is -2.43. The minimum Gasteiger partial charge on any atom is -0.342 e. The number of amides is 2. The first-order valence-corrected chi connectivity index (χ1v) is 7.29. The zero-order valence-electron chi connectivity index (χ0n) is 13.3. The average molecular weight is 293 g/mol. The third kappa shape index (κ3) is 2.64. The van der Waals surface area contributed by atoms with Crippen molar-refractivity contribution in [2.24, 2.45) is 0 Å². The SMILES string of the molecule is CCC1NC(=O)C(C)(C)N(Cc2ncnn2C(C)C)C1=O. The van der Waals surface area contributed by atoms with Crippen LogP contribution in [0.4, 0.5) is 0 Å². The lowest BCUT2D eigenvalue weighted by atomic mass is 9.94. The van der Waals surface area contributed by atoms with Crippen LogP contribution in [0.15, 0.2) is 6.33 Å². The molecule has 0 saturated carbocycles. The zero-order valence-corrected chi connectivity index (χ0v) is 13.3.